The van der Waals surface area contributed by atoms with E-state index in [1.165, 1.54) is 7.11 Å². The number of esters is 2. The molecule has 2 aliphatic rings. The Morgan fingerprint density at radius 3 is 2.57 bits per heavy atom. The number of carbonyl (C=O) groups excluding carboxylic acids is 2. The fourth-order valence-corrected chi connectivity index (χ4v) is 3.96. The summed E-state index contributed by atoms with van der Waals surface area (Å²) in [7, 11) is 1.31. The maximum absolute atomic E-state index is 12.7. The Labute approximate surface area is 166 Å². The van der Waals surface area contributed by atoms with Gasteiger partial charge in [-0.1, -0.05) is 12.1 Å². The van der Waals surface area contributed by atoms with E-state index in [9.17, 15) is 14.9 Å². The summed E-state index contributed by atoms with van der Waals surface area (Å²) in [6.07, 6.45) is 0. The summed E-state index contributed by atoms with van der Waals surface area (Å²) in [5.74, 6) is -0.742. The molecule has 0 spiro atoms. The van der Waals surface area contributed by atoms with E-state index in [1.54, 1.807) is 43.0 Å². The van der Waals surface area contributed by atoms with E-state index < -0.39 is 18.0 Å². The van der Waals surface area contributed by atoms with Gasteiger partial charge in [0.15, 0.2) is 5.17 Å². The van der Waals surface area contributed by atoms with Crippen molar-refractivity contribution in [1.29, 1.82) is 5.26 Å². The first-order valence-corrected chi connectivity index (χ1v) is 9.26. The maximum Gasteiger partial charge on any atom is 0.338 e. The second-order valence-electron chi connectivity index (χ2n) is 5.93. The lowest BCUT2D eigenvalue weighted by atomic mass is 9.94. The van der Waals surface area contributed by atoms with Crippen LogP contribution in [0.4, 0.5) is 0 Å². The summed E-state index contributed by atoms with van der Waals surface area (Å²) < 4.78 is 9.95. The number of nitrogens with two attached hydrogens (primary N) is 1. The molecule has 1 aromatic rings. The van der Waals surface area contributed by atoms with Crippen LogP contribution in [0.5, 0.6) is 0 Å². The third-order valence-corrected chi connectivity index (χ3v) is 5.30. The van der Waals surface area contributed by atoms with Gasteiger partial charge in [-0.15, -0.1) is 0 Å². The number of rotatable bonds is 4. The van der Waals surface area contributed by atoms with Crippen LogP contribution >= 0.6 is 11.8 Å². The molecule has 0 bridgehead atoms. The standard InChI is InChI=1S/C19H18N4O4S/c1-4-27-18(25)14-10(2)22-19-23(16(21)13(9-20)28-19)15(14)11-5-7-12(8-6-11)17(24)26-3/h5-8,15H,4,21H2,1-3H3/t15-/m1/s1. The highest BCUT2D eigenvalue weighted by Gasteiger charge is 2.42. The molecular formula is C19H18N4O4S. The summed E-state index contributed by atoms with van der Waals surface area (Å²) in [6, 6.07) is 8.08. The topological polar surface area (TPSA) is 118 Å². The van der Waals surface area contributed by atoms with Gasteiger partial charge < -0.3 is 15.2 Å². The molecule has 0 aromatic heterocycles. The summed E-state index contributed by atoms with van der Waals surface area (Å²) in [5, 5.41) is 9.86. The molecule has 3 rings (SSSR count). The van der Waals surface area contributed by atoms with Crippen LogP contribution in [-0.2, 0) is 14.3 Å². The van der Waals surface area contributed by atoms with E-state index >= 15 is 0 Å². The number of carbonyl (C=O) groups is 2. The maximum atomic E-state index is 12.7. The van der Waals surface area contributed by atoms with E-state index in [-0.39, 0.29) is 12.4 Å². The number of nitrogens with zero attached hydrogens (tertiary/aromatic N) is 3. The molecule has 8 nitrogen and oxygen atoms in total. The minimum atomic E-state index is -0.628. The van der Waals surface area contributed by atoms with Gasteiger partial charge in [0.2, 0.25) is 0 Å². The quantitative estimate of drug-likeness (QED) is 0.768. The minimum Gasteiger partial charge on any atom is -0.465 e. The van der Waals surface area contributed by atoms with Crippen LogP contribution in [0.1, 0.15) is 35.8 Å². The second kappa shape index (κ2) is 7.78. The van der Waals surface area contributed by atoms with Crippen LogP contribution in [-0.4, -0.2) is 35.7 Å². The van der Waals surface area contributed by atoms with Crippen molar-refractivity contribution in [2.45, 2.75) is 19.9 Å². The summed E-state index contributed by atoms with van der Waals surface area (Å²) in [4.78, 5) is 30.8. The van der Waals surface area contributed by atoms with Crippen molar-refractivity contribution < 1.29 is 19.1 Å². The van der Waals surface area contributed by atoms with Crippen LogP contribution in [0, 0.1) is 11.3 Å². The number of thioether (sulfide) groups is 1. The number of aliphatic imine (C=N–C) groups is 1. The van der Waals surface area contributed by atoms with E-state index in [0.717, 1.165) is 11.8 Å². The smallest absolute Gasteiger partial charge is 0.338 e. The monoisotopic (exact) mass is 398 g/mol. The molecule has 0 fully saturated rings. The van der Waals surface area contributed by atoms with Crippen LogP contribution in [0.2, 0.25) is 0 Å². The molecule has 0 aliphatic carbocycles. The van der Waals surface area contributed by atoms with Gasteiger partial charge >= 0.3 is 11.9 Å². The summed E-state index contributed by atoms with van der Waals surface area (Å²) >= 11 is 1.15. The number of hydrogen-bond acceptors (Lipinski definition) is 9. The third-order valence-electron chi connectivity index (χ3n) is 4.32. The fourth-order valence-electron chi connectivity index (χ4n) is 3.05. The van der Waals surface area contributed by atoms with Crippen LogP contribution in [0.25, 0.3) is 0 Å². The Morgan fingerprint density at radius 1 is 1.32 bits per heavy atom. The number of amidine groups is 1. The van der Waals surface area contributed by atoms with Gasteiger partial charge in [0.1, 0.15) is 16.8 Å². The van der Waals surface area contributed by atoms with Crippen LogP contribution < -0.4 is 5.73 Å². The lowest BCUT2D eigenvalue weighted by Gasteiger charge is -2.34. The number of benzene rings is 1. The van der Waals surface area contributed by atoms with Gasteiger partial charge in [-0.3, -0.25) is 4.90 Å². The molecule has 1 atom stereocenters. The van der Waals surface area contributed by atoms with E-state index in [1.807, 2.05) is 0 Å². The second-order valence-corrected chi connectivity index (χ2v) is 6.91. The number of fused-ring (bicyclic) bond motifs is 1. The normalized spacial score (nSPS) is 18.4. The predicted molar refractivity (Wildman–Crippen MR) is 104 cm³/mol. The Morgan fingerprint density at radius 2 is 2.00 bits per heavy atom. The molecule has 0 saturated heterocycles. The molecule has 1 aromatic carbocycles. The van der Waals surface area contributed by atoms with Gasteiger partial charge in [0, 0.05) is 0 Å². The van der Waals surface area contributed by atoms with Crippen molar-refractivity contribution >= 4 is 28.9 Å². The van der Waals surface area contributed by atoms with Crippen molar-refractivity contribution in [1.82, 2.24) is 4.90 Å². The molecule has 2 aliphatic heterocycles. The Kier molecular flexibility index (Phi) is 5.42. The zero-order chi connectivity index (χ0) is 20.4. The molecule has 2 N–H and O–H groups in total. The van der Waals surface area contributed by atoms with Gasteiger partial charge in [-0.25, -0.2) is 14.6 Å². The van der Waals surface area contributed by atoms with Gasteiger partial charge in [0.25, 0.3) is 0 Å². The lowest BCUT2D eigenvalue weighted by molar-refractivity contribution is -0.139. The first-order valence-electron chi connectivity index (χ1n) is 8.44. The first kappa shape index (κ1) is 19.5. The average molecular weight is 398 g/mol. The number of methoxy groups -OCH3 is 1. The number of ether oxygens (including phenoxy) is 2. The summed E-state index contributed by atoms with van der Waals surface area (Å²) in [5.41, 5.74) is 8.09. The Hall–Kier alpha value is -3.25. The number of nitriles is 1. The van der Waals surface area contributed by atoms with Gasteiger partial charge in [-0.05, 0) is 43.3 Å². The predicted octanol–water partition coefficient (Wildman–Crippen LogP) is 2.42. The van der Waals surface area contributed by atoms with E-state index in [2.05, 4.69) is 11.1 Å². The number of allylic oxidation sites excluding steroid dienone is 2. The molecule has 144 valence electrons. The fraction of sp³-hybridized carbons (Fsp3) is 0.263. The SMILES string of the molecule is CCOC(=O)C1=C(C)N=C2SC(C#N)=C(N)N2[C@@H]1c1ccc(C(=O)OC)cc1. The van der Waals surface area contributed by atoms with Crippen LogP contribution in [0.15, 0.2) is 51.3 Å². The highest BCUT2D eigenvalue weighted by molar-refractivity contribution is 8.17. The van der Waals surface area contributed by atoms with E-state index in [0.29, 0.717) is 32.5 Å². The molecule has 0 radical (unpaired) electrons. The number of hydrogen-bond donors (Lipinski definition) is 1. The van der Waals surface area contributed by atoms with Crippen molar-refractivity contribution in [3.05, 3.63) is 57.4 Å². The molecule has 2 heterocycles. The zero-order valence-corrected chi connectivity index (χ0v) is 16.4. The van der Waals surface area contributed by atoms with Crippen molar-refractivity contribution in [3.8, 4) is 6.07 Å². The first-order chi connectivity index (χ1) is 13.4. The summed E-state index contributed by atoms with van der Waals surface area (Å²) in [6.45, 7) is 3.65. The molecular weight excluding hydrogens is 380 g/mol. The molecule has 28 heavy (non-hydrogen) atoms. The molecule has 9 heteroatoms. The van der Waals surface area contributed by atoms with Crippen molar-refractivity contribution in [3.63, 3.8) is 0 Å². The lowest BCUT2D eigenvalue weighted by Crippen LogP contribution is -2.38. The average Bonchev–Trinajstić information content (AvgIpc) is 3.01. The van der Waals surface area contributed by atoms with Crippen molar-refractivity contribution in [2.24, 2.45) is 10.7 Å². The van der Waals surface area contributed by atoms with Crippen molar-refractivity contribution in [2.75, 3.05) is 13.7 Å². The molecule has 0 saturated carbocycles. The largest absolute Gasteiger partial charge is 0.465 e. The zero-order valence-electron chi connectivity index (χ0n) is 15.6. The van der Waals surface area contributed by atoms with Crippen LogP contribution in [0.3, 0.4) is 0 Å². The van der Waals surface area contributed by atoms with E-state index in [4.69, 9.17) is 15.2 Å². The Balaban J connectivity index is 2.13. The highest BCUT2D eigenvalue weighted by atomic mass is 32.2. The third kappa shape index (κ3) is 3.23. The molecule has 0 unspecified atom stereocenters. The van der Waals surface area contributed by atoms with Gasteiger partial charge in [-0.2, -0.15) is 5.26 Å². The highest BCUT2D eigenvalue weighted by Crippen LogP contribution is 2.45. The Bertz CT molecular complexity index is 973. The van der Waals surface area contributed by atoms with Gasteiger partial charge in [0.05, 0.1) is 36.6 Å². The molecule has 0 amide bonds. The minimum absolute atomic E-state index is 0.212.